The quantitative estimate of drug-likeness (QED) is 0.749. The third kappa shape index (κ3) is 1.68. The maximum atomic E-state index is 5.94. The molecule has 2 N–H and O–H groups in total. The van der Waals surface area contributed by atoms with E-state index in [1.807, 2.05) is 19.9 Å². The first-order valence-electron chi connectivity index (χ1n) is 3.91. The molecular formula is C9H15NO2. The van der Waals surface area contributed by atoms with Gasteiger partial charge in [-0.3, -0.25) is 0 Å². The van der Waals surface area contributed by atoms with E-state index >= 15 is 0 Å². The average Bonchev–Trinajstić information content (AvgIpc) is 2.55. The Bertz CT molecular complexity index is 229. The second-order valence-corrected chi connectivity index (χ2v) is 3.34. The Hall–Kier alpha value is -0.800. The molecule has 0 spiro atoms. The van der Waals surface area contributed by atoms with Crippen molar-refractivity contribution >= 4 is 0 Å². The van der Waals surface area contributed by atoms with Gasteiger partial charge in [-0.2, -0.15) is 0 Å². The molecule has 1 rings (SSSR count). The van der Waals surface area contributed by atoms with E-state index in [4.69, 9.17) is 14.9 Å². The van der Waals surface area contributed by atoms with Crippen molar-refractivity contribution in [3.05, 3.63) is 24.2 Å². The molecule has 0 fully saturated rings. The number of rotatable bonds is 3. The molecule has 1 atom stereocenters. The Morgan fingerprint density at radius 3 is 2.67 bits per heavy atom. The number of ether oxygens (including phenoxy) is 1. The van der Waals surface area contributed by atoms with Gasteiger partial charge in [0.25, 0.3) is 0 Å². The molecule has 1 unspecified atom stereocenters. The third-order valence-electron chi connectivity index (χ3n) is 2.18. The van der Waals surface area contributed by atoms with Crippen LogP contribution in [0.4, 0.5) is 0 Å². The van der Waals surface area contributed by atoms with Crippen LogP contribution in [0.2, 0.25) is 0 Å². The van der Waals surface area contributed by atoms with Gasteiger partial charge in [-0.05, 0) is 19.9 Å². The molecule has 0 aliphatic carbocycles. The van der Waals surface area contributed by atoms with Crippen molar-refractivity contribution < 1.29 is 9.15 Å². The van der Waals surface area contributed by atoms with E-state index < -0.39 is 0 Å². The third-order valence-corrected chi connectivity index (χ3v) is 2.18. The highest BCUT2D eigenvalue weighted by Crippen LogP contribution is 2.25. The van der Waals surface area contributed by atoms with Gasteiger partial charge in [0.1, 0.15) is 0 Å². The summed E-state index contributed by atoms with van der Waals surface area (Å²) in [5.41, 5.74) is 6.55. The molecule has 0 aromatic carbocycles. The molecule has 0 saturated carbocycles. The highest BCUT2D eigenvalue weighted by molar-refractivity contribution is 5.14. The maximum absolute atomic E-state index is 5.94. The number of hydrogen-bond acceptors (Lipinski definition) is 3. The summed E-state index contributed by atoms with van der Waals surface area (Å²) < 4.78 is 10.2. The zero-order valence-electron chi connectivity index (χ0n) is 7.70. The second kappa shape index (κ2) is 3.29. The van der Waals surface area contributed by atoms with Crippen molar-refractivity contribution in [1.82, 2.24) is 0 Å². The van der Waals surface area contributed by atoms with Crippen LogP contribution in [-0.4, -0.2) is 12.7 Å². The first-order valence-corrected chi connectivity index (χ1v) is 3.91. The number of methoxy groups -OCH3 is 1. The second-order valence-electron chi connectivity index (χ2n) is 3.34. The van der Waals surface area contributed by atoms with E-state index in [-0.39, 0.29) is 11.6 Å². The van der Waals surface area contributed by atoms with Gasteiger partial charge in [-0.1, -0.05) is 0 Å². The molecule has 0 saturated heterocycles. The fourth-order valence-corrected chi connectivity index (χ4v) is 0.980. The zero-order chi connectivity index (χ0) is 9.19. The van der Waals surface area contributed by atoms with E-state index in [9.17, 15) is 0 Å². The van der Waals surface area contributed by atoms with Crippen LogP contribution in [0, 0.1) is 0 Å². The summed E-state index contributed by atoms with van der Waals surface area (Å²) in [7, 11) is 1.65. The predicted octanol–water partition coefficient (Wildman–Crippen LogP) is 1.70. The molecule has 0 radical (unpaired) electrons. The van der Waals surface area contributed by atoms with Crippen molar-refractivity contribution in [3.63, 3.8) is 0 Å². The van der Waals surface area contributed by atoms with Gasteiger partial charge in [0.2, 0.25) is 0 Å². The minimum atomic E-state index is -0.357. The van der Waals surface area contributed by atoms with Crippen LogP contribution < -0.4 is 5.73 Å². The first-order chi connectivity index (χ1) is 5.58. The van der Waals surface area contributed by atoms with Crippen LogP contribution >= 0.6 is 0 Å². The summed E-state index contributed by atoms with van der Waals surface area (Å²) in [6.07, 6.45) is 3.26. The van der Waals surface area contributed by atoms with Gasteiger partial charge in [0.05, 0.1) is 24.2 Å². The Morgan fingerprint density at radius 1 is 1.58 bits per heavy atom. The lowest BCUT2D eigenvalue weighted by atomic mass is 9.94. The summed E-state index contributed by atoms with van der Waals surface area (Å²) in [4.78, 5) is 0. The first kappa shape index (κ1) is 9.29. The largest absolute Gasteiger partial charge is 0.472 e. The SMILES string of the molecule is COC(C)(C)C(N)c1ccoc1. The summed E-state index contributed by atoms with van der Waals surface area (Å²) in [6.45, 7) is 3.90. The molecular weight excluding hydrogens is 154 g/mol. The highest BCUT2D eigenvalue weighted by atomic mass is 16.5. The minimum absolute atomic E-state index is 0.152. The van der Waals surface area contributed by atoms with Crippen molar-refractivity contribution in [1.29, 1.82) is 0 Å². The molecule has 1 aromatic rings. The Morgan fingerprint density at radius 2 is 2.25 bits per heavy atom. The molecule has 12 heavy (non-hydrogen) atoms. The monoisotopic (exact) mass is 169 g/mol. The molecule has 3 nitrogen and oxygen atoms in total. The van der Waals surface area contributed by atoms with Crippen LogP contribution in [0.5, 0.6) is 0 Å². The van der Waals surface area contributed by atoms with Gasteiger partial charge >= 0.3 is 0 Å². The molecule has 0 aliphatic rings. The topological polar surface area (TPSA) is 48.4 Å². The highest BCUT2D eigenvalue weighted by Gasteiger charge is 2.27. The average molecular weight is 169 g/mol. The summed E-state index contributed by atoms with van der Waals surface area (Å²) in [5, 5.41) is 0. The van der Waals surface area contributed by atoms with Crippen LogP contribution in [0.3, 0.4) is 0 Å². The van der Waals surface area contributed by atoms with Gasteiger partial charge < -0.3 is 14.9 Å². The van der Waals surface area contributed by atoms with E-state index in [0.717, 1.165) is 5.56 Å². The molecule has 1 aromatic heterocycles. The van der Waals surface area contributed by atoms with Gasteiger partial charge in [-0.15, -0.1) is 0 Å². The van der Waals surface area contributed by atoms with Gasteiger partial charge in [0.15, 0.2) is 0 Å². The smallest absolute Gasteiger partial charge is 0.0951 e. The van der Waals surface area contributed by atoms with E-state index in [0.29, 0.717) is 0 Å². The van der Waals surface area contributed by atoms with Gasteiger partial charge in [0, 0.05) is 12.7 Å². The van der Waals surface area contributed by atoms with Crippen LogP contribution in [-0.2, 0) is 4.74 Å². The molecule has 1 heterocycles. The molecule has 68 valence electrons. The number of nitrogens with two attached hydrogens (primary N) is 1. The summed E-state index contributed by atoms with van der Waals surface area (Å²) in [6, 6.07) is 1.70. The summed E-state index contributed by atoms with van der Waals surface area (Å²) in [5.74, 6) is 0. The lowest BCUT2D eigenvalue weighted by molar-refractivity contribution is -0.000171. The van der Waals surface area contributed by atoms with Crippen LogP contribution in [0.1, 0.15) is 25.5 Å². The van der Waals surface area contributed by atoms with Crippen molar-refractivity contribution in [3.8, 4) is 0 Å². The fraction of sp³-hybridized carbons (Fsp3) is 0.556. The summed E-state index contributed by atoms with van der Waals surface area (Å²) >= 11 is 0. The molecule has 0 bridgehead atoms. The lowest BCUT2D eigenvalue weighted by Crippen LogP contribution is -2.36. The predicted molar refractivity (Wildman–Crippen MR) is 46.7 cm³/mol. The van der Waals surface area contributed by atoms with E-state index in [1.54, 1.807) is 19.6 Å². The van der Waals surface area contributed by atoms with Crippen molar-refractivity contribution in [2.45, 2.75) is 25.5 Å². The zero-order valence-corrected chi connectivity index (χ0v) is 7.70. The Balaban J connectivity index is 2.78. The lowest BCUT2D eigenvalue weighted by Gasteiger charge is -2.29. The van der Waals surface area contributed by atoms with Crippen molar-refractivity contribution in [2.75, 3.05) is 7.11 Å². The minimum Gasteiger partial charge on any atom is -0.472 e. The number of furan rings is 1. The molecule has 3 heteroatoms. The molecule has 0 aliphatic heterocycles. The van der Waals surface area contributed by atoms with Crippen LogP contribution in [0.15, 0.2) is 23.0 Å². The Labute approximate surface area is 72.5 Å². The van der Waals surface area contributed by atoms with E-state index in [2.05, 4.69) is 0 Å². The van der Waals surface area contributed by atoms with Crippen LogP contribution in [0.25, 0.3) is 0 Å². The van der Waals surface area contributed by atoms with Crippen molar-refractivity contribution in [2.24, 2.45) is 5.73 Å². The Kier molecular flexibility index (Phi) is 2.55. The maximum Gasteiger partial charge on any atom is 0.0951 e. The van der Waals surface area contributed by atoms with E-state index in [1.165, 1.54) is 0 Å². The molecule has 0 amide bonds. The standard InChI is InChI=1S/C9H15NO2/c1-9(2,11-3)8(10)7-4-5-12-6-7/h4-6,8H,10H2,1-3H3. The fourth-order valence-electron chi connectivity index (χ4n) is 0.980. The number of hydrogen-bond donors (Lipinski definition) is 1. The normalized spacial score (nSPS) is 14.7. The van der Waals surface area contributed by atoms with Gasteiger partial charge in [-0.25, -0.2) is 0 Å².